The summed E-state index contributed by atoms with van der Waals surface area (Å²) in [6.07, 6.45) is 0.245. The molecule has 0 aromatic rings. The highest BCUT2D eigenvalue weighted by Gasteiger charge is 2.78. The predicted molar refractivity (Wildman–Crippen MR) is 92.5 cm³/mol. The Kier molecular flexibility index (Phi) is 3.73. The summed E-state index contributed by atoms with van der Waals surface area (Å²) < 4.78 is 0. The van der Waals surface area contributed by atoms with Gasteiger partial charge in [0.1, 0.15) is 6.29 Å². The van der Waals surface area contributed by atoms with E-state index in [9.17, 15) is 34.8 Å². The molecule has 4 aliphatic carbocycles. The number of rotatable bonds is 3. The monoisotopic (exact) mass is 378 g/mol. The molecule has 0 aromatic carbocycles. The number of aliphatic hydroxyl groups is 2. The molecule has 4 rings (SSSR count). The highest BCUT2D eigenvalue weighted by atomic mass is 16.4. The van der Waals surface area contributed by atoms with E-state index in [0.717, 1.165) is 11.9 Å². The van der Waals surface area contributed by atoms with E-state index in [-0.39, 0.29) is 25.2 Å². The maximum atomic E-state index is 12.5. The van der Waals surface area contributed by atoms with Crippen molar-refractivity contribution in [1.82, 2.24) is 0 Å². The third kappa shape index (κ3) is 1.92. The molecule has 4 fully saturated rings. The van der Waals surface area contributed by atoms with E-state index in [1.54, 1.807) is 0 Å². The topological polar surface area (TPSA) is 132 Å². The van der Waals surface area contributed by atoms with Gasteiger partial charge in [-0.2, -0.15) is 0 Å². The number of hydrogen-bond acceptors (Lipinski definition) is 5. The minimum Gasteiger partial charge on any atom is -0.481 e. The molecule has 0 aliphatic heterocycles. The summed E-state index contributed by atoms with van der Waals surface area (Å²) in [6, 6.07) is 0. The van der Waals surface area contributed by atoms with E-state index in [2.05, 4.69) is 6.58 Å². The zero-order chi connectivity index (χ0) is 19.9. The maximum absolute atomic E-state index is 12.5. The molecule has 0 saturated heterocycles. The van der Waals surface area contributed by atoms with Gasteiger partial charge in [0.25, 0.3) is 0 Å². The highest BCUT2D eigenvalue weighted by Crippen LogP contribution is 2.77. The molecule has 0 radical (unpaired) electrons. The van der Waals surface area contributed by atoms with Crippen molar-refractivity contribution in [3.05, 3.63) is 12.2 Å². The second-order valence-corrected chi connectivity index (χ2v) is 9.40. The molecule has 0 aromatic heterocycles. The Labute approximate surface area is 157 Å². The van der Waals surface area contributed by atoms with Gasteiger partial charge in [-0.05, 0) is 50.4 Å². The highest BCUT2D eigenvalue weighted by molar-refractivity contribution is 5.83. The first kappa shape index (κ1) is 18.6. The number of carbonyl (C=O) groups is 3. The summed E-state index contributed by atoms with van der Waals surface area (Å²) in [7, 11) is 0. The zero-order valence-electron chi connectivity index (χ0n) is 15.3. The molecule has 7 nitrogen and oxygen atoms in total. The lowest BCUT2D eigenvalue weighted by atomic mass is 9.52. The van der Waals surface area contributed by atoms with Crippen LogP contribution in [0, 0.1) is 39.9 Å². The van der Waals surface area contributed by atoms with Crippen molar-refractivity contribution in [2.45, 2.75) is 51.2 Å². The Morgan fingerprint density at radius 1 is 1.26 bits per heavy atom. The minimum atomic E-state index is -1.74. The Balaban J connectivity index is 2.00. The van der Waals surface area contributed by atoms with Crippen LogP contribution >= 0.6 is 0 Å². The fourth-order valence-corrected chi connectivity index (χ4v) is 7.57. The molecule has 4 aliphatic rings. The average Bonchev–Trinajstić information content (AvgIpc) is 3.03. The van der Waals surface area contributed by atoms with Gasteiger partial charge in [-0.3, -0.25) is 9.59 Å². The van der Waals surface area contributed by atoms with Crippen LogP contribution in [-0.2, 0) is 14.4 Å². The molecule has 9 atom stereocenters. The van der Waals surface area contributed by atoms with Crippen LogP contribution in [0.2, 0.25) is 0 Å². The molecule has 148 valence electrons. The third-order valence-corrected chi connectivity index (χ3v) is 8.63. The number of hydrogen-bond donors (Lipinski definition) is 4. The van der Waals surface area contributed by atoms with Crippen LogP contribution in [-0.4, -0.2) is 50.9 Å². The van der Waals surface area contributed by atoms with Crippen LogP contribution < -0.4 is 0 Å². The summed E-state index contributed by atoms with van der Waals surface area (Å²) in [4.78, 5) is 37.2. The fraction of sp³-hybridized carbons (Fsp3) is 0.750. The number of fused-ring (bicyclic) bond motifs is 3. The summed E-state index contributed by atoms with van der Waals surface area (Å²) in [6.45, 7) is 5.42. The van der Waals surface area contributed by atoms with Crippen LogP contribution in [0.25, 0.3) is 0 Å². The minimum absolute atomic E-state index is 0.122. The van der Waals surface area contributed by atoms with Crippen molar-refractivity contribution in [3.63, 3.8) is 0 Å². The van der Waals surface area contributed by atoms with Crippen molar-refractivity contribution in [3.8, 4) is 0 Å². The summed E-state index contributed by atoms with van der Waals surface area (Å²) >= 11 is 0. The Hall–Kier alpha value is -1.73. The number of aliphatic carboxylic acids is 2. The van der Waals surface area contributed by atoms with Crippen LogP contribution in [0.1, 0.15) is 39.0 Å². The summed E-state index contributed by atoms with van der Waals surface area (Å²) in [5, 5.41) is 41.4. The smallest absolute Gasteiger partial charge is 0.312 e. The first-order valence-corrected chi connectivity index (χ1v) is 9.52. The lowest BCUT2D eigenvalue weighted by Crippen LogP contribution is -2.58. The van der Waals surface area contributed by atoms with Gasteiger partial charge in [0.15, 0.2) is 0 Å². The number of carboxylic acids is 2. The number of carboxylic acid groups (broad SMARTS) is 2. The number of aldehydes is 1. The van der Waals surface area contributed by atoms with Gasteiger partial charge in [0.2, 0.25) is 0 Å². The van der Waals surface area contributed by atoms with Crippen molar-refractivity contribution >= 4 is 18.2 Å². The summed E-state index contributed by atoms with van der Waals surface area (Å²) in [5.41, 5.74) is -2.92. The normalized spacial score (nSPS) is 53.5. The standard InChI is InChI=1S/C20H26O7/c1-9-6-20-7-10(9)11(22)5-12(20)19(8-21)4-3-13(23)18(2,17(26)27)15(19)14(20)16(24)25/h8,10-15,22-23H,1,3-7H2,2H3,(H,24,25)(H,26,27). The second-order valence-electron chi connectivity index (χ2n) is 9.40. The van der Waals surface area contributed by atoms with Crippen molar-refractivity contribution in [2.24, 2.45) is 39.9 Å². The third-order valence-electron chi connectivity index (χ3n) is 8.63. The Bertz CT molecular complexity index is 747. The van der Waals surface area contributed by atoms with Gasteiger partial charge in [0, 0.05) is 17.3 Å². The summed E-state index contributed by atoms with van der Waals surface area (Å²) in [5.74, 6) is -5.14. The molecule has 4 N–H and O–H groups in total. The van der Waals surface area contributed by atoms with E-state index in [1.165, 1.54) is 6.92 Å². The lowest BCUT2D eigenvalue weighted by Gasteiger charge is -2.51. The molecule has 0 amide bonds. The molecular formula is C20H26O7. The van der Waals surface area contributed by atoms with Crippen LogP contribution in [0.5, 0.6) is 0 Å². The molecular weight excluding hydrogens is 352 g/mol. The molecule has 0 heterocycles. The number of aliphatic hydroxyl groups excluding tert-OH is 2. The van der Waals surface area contributed by atoms with Crippen molar-refractivity contribution in [2.75, 3.05) is 0 Å². The van der Waals surface area contributed by atoms with E-state index in [4.69, 9.17) is 0 Å². The Morgan fingerprint density at radius 3 is 2.48 bits per heavy atom. The van der Waals surface area contributed by atoms with Crippen LogP contribution in [0.3, 0.4) is 0 Å². The Morgan fingerprint density at radius 2 is 1.93 bits per heavy atom. The van der Waals surface area contributed by atoms with E-state index < -0.39 is 58.1 Å². The van der Waals surface area contributed by atoms with Crippen molar-refractivity contribution < 1.29 is 34.8 Å². The van der Waals surface area contributed by atoms with E-state index in [0.29, 0.717) is 12.8 Å². The second kappa shape index (κ2) is 5.41. The fourth-order valence-electron chi connectivity index (χ4n) is 7.57. The molecule has 7 heteroatoms. The quantitative estimate of drug-likeness (QED) is 0.427. The largest absolute Gasteiger partial charge is 0.481 e. The SMILES string of the molecule is C=C1CC23CC1C(O)CC2C1(C=O)CCC(O)C(C)(C(=O)O)C1C3C(=O)O. The predicted octanol–water partition coefficient (Wildman–Crippen LogP) is 1.08. The van der Waals surface area contributed by atoms with Crippen molar-refractivity contribution in [1.29, 1.82) is 0 Å². The molecule has 2 bridgehead atoms. The zero-order valence-corrected chi connectivity index (χ0v) is 15.3. The van der Waals surface area contributed by atoms with E-state index >= 15 is 0 Å². The average molecular weight is 378 g/mol. The molecule has 27 heavy (non-hydrogen) atoms. The molecule has 9 unspecified atom stereocenters. The van der Waals surface area contributed by atoms with Gasteiger partial charge in [-0.25, -0.2) is 0 Å². The van der Waals surface area contributed by atoms with Crippen LogP contribution in [0.15, 0.2) is 12.2 Å². The van der Waals surface area contributed by atoms with Crippen LogP contribution in [0.4, 0.5) is 0 Å². The van der Waals surface area contributed by atoms with E-state index in [1.807, 2.05) is 0 Å². The lowest BCUT2D eigenvalue weighted by molar-refractivity contribution is -0.182. The van der Waals surface area contributed by atoms with Gasteiger partial charge in [-0.15, -0.1) is 0 Å². The molecule has 1 spiro atoms. The first-order chi connectivity index (χ1) is 12.6. The first-order valence-electron chi connectivity index (χ1n) is 9.52. The number of carbonyl (C=O) groups excluding carboxylic acids is 1. The molecule has 4 saturated carbocycles. The maximum Gasteiger partial charge on any atom is 0.312 e. The van der Waals surface area contributed by atoms with Gasteiger partial charge in [-0.1, -0.05) is 12.2 Å². The van der Waals surface area contributed by atoms with Gasteiger partial charge >= 0.3 is 11.9 Å². The van der Waals surface area contributed by atoms with Gasteiger partial charge < -0.3 is 25.2 Å². The van der Waals surface area contributed by atoms with Gasteiger partial charge in [0.05, 0.1) is 23.5 Å².